The summed E-state index contributed by atoms with van der Waals surface area (Å²) in [4.78, 5) is 15.1. The van der Waals surface area contributed by atoms with Crippen molar-refractivity contribution >= 4 is 27.2 Å². The van der Waals surface area contributed by atoms with Crippen molar-refractivity contribution in [1.82, 2.24) is 9.21 Å². The van der Waals surface area contributed by atoms with Crippen LogP contribution in [0.1, 0.15) is 24.0 Å². The summed E-state index contributed by atoms with van der Waals surface area (Å²) in [5.41, 5.74) is 3.39. The van der Waals surface area contributed by atoms with E-state index < -0.39 is 15.9 Å². The van der Waals surface area contributed by atoms with Gasteiger partial charge in [-0.2, -0.15) is 4.31 Å². The van der Waals surface area contributed by atoms with E-state index in [1.165, 1.54) is 4.31 Å². The second-order valence-electron chi connectivity index (χ2n) is 8.40. The van der Waals surface area contributed by atoms with E-state index >= 15 is 0 Å². The minimum absolute atomic E-state index is 0.00742. The Morgan fingerprint density at radius 1 is 0.848 bits per heavy atom. The average molecular weight is 464 g/mol. The van der Waals surface area contributed by atoms with Gasteiger partial charge in [-0.3, -0.25) is 4.79 Å². The van der Waals surface area contributed by atoms with Crippen molar-refractivity contribution in [2.24, 2.45) is 0 Å². The minimum Gasteiger partial charge on any atom is -0.355 e. The molecule has 3 aromatic carbocycles. The third kappa shape index (κ3) is 5.16. The molecule has 0 radical (unpaired) electrons. The summed E-state index contributed by atoms with van der Waals surface area (Å²) >= 11 is 0. The Morgan fingerprint density at radius 3 is 2.09 bits per heavy atom. The summed E-state index contributed by atoms with van der Waals surface area (Å²) in [6.45, 7) is 3.97. The Balaban J connectivity index is 1.63. The van der Waals surface area contributed by atoms with Crippen LogP contribution in [0.25, 0.3) is 0 Å². The number of carbonyl (C=O) groups excluding carboxylic acids is 1. The van der Waals surface area contributed by atoms with Gasteiger partial charge < -0.3 is 10.2 Å². The number of piperazine rings is 1. The summed E-state index contributed by atoms with van der Waals surface area (Å²) in [7, 11) is -1.56. The third-order valence-corrected chi connectivity index (χ3v) is 7.96. The zero-order valence-corrected chi connectivity index (χ0v) is 19.8. The lowest BCUT2D eigenvalue weighted by Gasteiger charge is -2.31. The first-order valence-corrected chi connectivity index (χ1v) is 12.5. The molecule has 1 aliphatic heterocycles. The first kappa shape index (κ1) is 23.2. The van der Waals surface area contributed by atoms with Crippen LogP contribution in [0.4, 0.5) is 11.4 Å². The fourth-order valence-corrected chi connectivity index (χ4v) is 5.60. The number of rotatable bonds is 7. The predicted octanol–water partition coefficient (Wildman–Crippen LogP) is 4.09. The Labute approximate surface area is 195 Å². The highest BCUT2D eigenvalue weighted by Crippen LogP contribution is 2.33. The predicted molar refractivity (Wildman–Crippen MR) is 131 cm³/mol. The molecule has 172 valence electrons. The van der Waals surface area contributed by atoms with Gasteiger partial charge in [-0.25, -0.2) is 8.42 Å². The number of nitrogens with one attached hydrogen (secondary N) is 1. The second kappa shape index (κ2) is 9.87. The first-order valence-electron chi connectivity index (χ1n) is 11.1. The highest BCUT2D eigenvalue weighted by Gasteiger charge is 2.28. The van der Waals surface area contributed by atoms with E-state index in [9.17, 15) is 13.2 Å². The van der Waals surface area contributed by atoms with Crippen LogP contribution in [0, 0.1) is 0 Å². The Kier molecular flexibility index (Phi) is 6.93. The third-order valence-electron chi connectivity index (χ3n) is 6.04. The average Bonchev–Trinajstić information content (AvgIpc) is 2.81. The fraction of sp³-hybridized carbons (Fsp3) is 0.269. The molecule has 1 aliphatic rings. The Hall–Kier alpha value is -3.00. The lowest BCUT2D eigenvalue weighted by atomic mass is 9.87. The molecule has 33 heavy (non-hydrogen) atoms. The van der Waals surface area contributed by atoms with Gasteiger partial charge in [0, 0.05) is 37.6 Å². The number of hydrogen-bond donors (Lipinski definition) is 1. The maximum Gasteiger partial charge on any atom is 0.243 e. The molecular formula is C26H29N3O3S. The molecule has 3 aromatic rings. The molecule has 1 N–H and O–H groups in total. The largest absolute Gasteiger partial charge is 0.355 e. The zero-order chi connectivity index (χ0) is 23.4. The molecule has 6 nitrogen and oxygen atoms in total. The van der Waals surface area contributed by atoms with E-state index in [4.69, 9.17) is 0 Å². The number of likely N-dealkylation sites (N-methyl/N-ethyl adjacent to an activating group) is 1. The number of hydrogen-bond acceptors (Lipinski definition) is 5. The number of carbonyl (C=O) groups is 1. The maximum atomic E-state index is 13.1. The number of sulfonamides is 1. The lowest BCUT2D eigenvalue weighted by Crippen LogP contribution is -2.47. The highest BCUT2D eigenvalue weighted by molar-refractivity contribution is 7.89. The van der Waals surface area contributed by atoms with Crippen LogP contribution >= 0.6 is 0 Å². The van der Waals surface area contributed by atoms with Gasteiger partial charge in [0.15, 0.2) is 0 Å². The molecule has 1 unspecified atom stereocenters. The molecule has 0 saturated carbocycles. The van der Waals surface area contributed by atoms with Gasteiger partial charge in [0.05, 0.1) is 10.8 Å². The maximum absolute atomic E-state index is 13.1. The van der Waals surface area contributed by atoms with E-state index in [-0.39, 0.29) is 10.7 Å². The van der Waals surface area contributed by atoms with Gasteiger partial charge >= 0.3 is 0 Å². The molecule has 0 aliphatic carbocycles. The van der Waals surface area contributed by atoms with Crippen molar-refractivity contribution in [3.63, 3.8) is 0 Å². The van der Waals surface area contributed by atoms with Crippen molar-refractivity contribution in [2.75, 3.05) is 38.5 Å². The standard InChI is InChI=1S/C26H29N3O3S/c1-20(30)26(24-10-6-7-11-25(24)27-22-8-4-3-5-9-22)21-12-14-23(15-13-21)33(31,32)29-18-16-28(2)17-19-29/h3-15,26-27H,16-19H2,1-2H3. The molecule has 1 heterocycles. The molecule has 7 heteroatoms. The zero-order valence-electron chi connectivity index (χ0n) is 18.9. The van der Waals surface area contributed by atoms with Crippen LogP contribution in [0.5, 0.6) is 0 Å². The number of anilines is 2. The summed E-state index contributed by atoms with van der Waals surface area (Å²) in [6.07, 6.45) is 0. The smallest absolute Gasteiger partial charge is 0.243 e. The van der Waals surface area contributed by atoms with Crippen molar-refractivity contribution in [2.45, 2.75) is 17.7 Å². The molecular weight excluding hydrogens is 434 g/mol. The van der Waals surface area contributed by atoms with Crippen LogP contribution < -0.4 is 5.32 Å². The number of ketones is 1. The molecule has 0 amide bonds. The summed E-state index contributed by atoms with van der Waals surface area (Å²) < 4.78 is 27.7. The van der Waals surface area contributed by atoms with E-state index in [1.807, 2.05) is 61.6 Å². The van der Waals surface area contributed by atoms with Crippen LogP contribution in [-0.2, 0) is 14.8 Å². The minimum atomic E-state index is -3.55. The van der Waals surface area contributed by atoms with Crippen LogP contribution in [0.15, 0.2) is 83.8 Å². The van der Waals surface area contributed by atoms with Crippen molar-refractivity contribution in [3.8, 4) is 0 Å². The molecule has 1 atom stereocenters. The molecule has 0 bridgehead atoms. The highest BCUT2D eigenvalue weighted by atomic mass is 32.2. The van der Waals surface area contributed by atoms with Crippen LogP contribution in [-0.4, -0.2) is 56.6 Å². The second-order valence-corrected chi connectivity index (χ2v) is 10.3. The normalized spacial score (nSPS) is 16.3. The lowest BCUT2D eigenvalue weighted by molar-refractivity contribution is -0.117. The quantitative estimate of drug-likeness (QED) is 0.572. The number of benzene rings is 3. The topological polar surface area (TPSA) is 69.7 Å². The molecule has 0 spiro atoms. The van der Waals surface area contributed by atoms with Crippen LogP contribution in [0.3, 0.4) is 0 Å². The Bertz CT molecular complexity index is 1200. The van der Waals surface area contributed by atoms with Gasteiger partial charge in [-0.15, -0.1) is 0 Å². The van der Waals surface area contributed by atoms with Crippen molar-refractivity contribution in [3.05, 3.63) is 90.0 Å². The van der Waals surface area contributed by atoms with Gasteiger partial charge in [0.1, 0.15) is 5.78 Å². The van der Waals surface area contributed by atoms with Gasteiger partial charge in [-0.1, -0.05) is 48.5 Å². The number of Topliss-reactive ketones (excluding diaryl/α,β-unsaturated/α-hetero) is 1. The SMILES string of the molecule is CC(=O)C(c1ccc(S(=O)(=O)N2CCN(C)CC2)cc1)c1ccccc1Nc1ccccc1. The molecule has 0 aromatic heterocycles. The number of nitrogens with zero attached hydrogens (tertiary/aromatic N) is 2. The van der Waals surface area contributed by atoms with Crippen molar-refractivity contribution < 1.29 is 13.2 Å². The van der Waals surface area contributed by atoms with Gasteiger partial charge in [-0.05, 0) is 55.4 Å². The number of para-hydroxylation sites is 2. The Morgan fingerprint density at radius 2 is 1.45 bits per heavy atom. The van der Waals surface area contributed by atoms with E-state index in [0.29, 0.717) is 13.1 Å². The van der Waals surface area contributed by atoms with Crippen LogP contribution in [0.2, 0.25) is 0 Å². The van der Waals surface area contributed by atoms with Crippen molar-refractivity contribution in [1.29, 1.82) is 0 Å². The molecule has 1 saturated heterocycles. The van der Waals surface area contributed by atoms with E-state index in [1.54, 1.807) is 31.2 Å². The summed E-state index contributed by atoms with van der Waals surface area (Å²) in [6, 6.07) is 24.3. The summed E-state index contributed by atoms with van der Waals surface area (Å²) in [5, 5.41) is 3.40. The fourth-order valence-electron chi connectivity index (χ4n) is 4.18. The molecule has 4 rings (SSSR count). The van der Waals surface area contributed by atoms with E-state index in [2.05, 4.69) is 10.2 Å². The van der Waals surface area contributed by atoms with E-state index in [0.717, 1.165) is 35.6 Å². The van der Waals surface area contributed by atoms with Gasteiger partial charge in [0.25, 0.3) is 0 Å². The molecule has 1 fully saturated rings. The van der Waals surface area contributed by atoms with Gasteiger partial charge in [0.2, 0.25) is 10.0 Å². The first-order chi connectivity index (χ1) is 15.9. The monoisotopic (exact) mass is 463 g/mol. The summed E-state index contributed by atoms with van der Waals surface area (Å²) in [5.74, 6) is -0.509.